The van der Waals surface area contributed by atoms with Crippen molar-refractivity contribution in [2.75, 3.05) is 5.73 Å². The fourth-order valence-electron chi connectivity index (χ4n) is 1.84. The number of sulfonamides is 1. The van der Waals surface area contributed by atoms with Crippen LogP contribution < -0.4 is 10.5 Å². The van der Waals surface area contributed by atoms with Gasteiger partial charge in [0, 0.05) is 10.0 Å². The van der Waals surface area contributed by atoms with Crippen molar-refractivity contribution in [3.63, 3.8) is 0 Å². The van der Waals surface area contributed by atoms with Crippen LogP contribution in [-0.4, -0.2) is 14.0 Å². The Morgan fingerprint density at radius 3 is 2.56 bits per heavy atom. The normalized spacial score (nSPS) is 12.7. The van der Waals surface area contributed by atoms with Crippen LogP contribution in [0.15, 0.2) is 27.6 Å². The molecule has 6 heteroatoms. The largest absolute Gasteiger partial charge is 0.398 e. The van der Waals surface area contributed by atoms with E-state index < -0.39 is 15.6 Å². The fourth-order valence-corrected chi connectivity index (χ4v) is 3.95. The van der Waals surface area contributed by atoms with E-state index in [9.17, 15) is 8.42 Å². The molecule has 0 atom stereocenters. The number of rotatable bonds is 5. The first kappa shape index (κ1) is 15.5. The van der Waals surface area contributed by atoms with Crippen LogP contribution in [-0.2, 0) is 10.0 Å². The van der Waals surface area contributed by atoms with Gasteiger partial charge < -0.3 is 5.73 Å². The van der Waals surface area contributed by atoms with E-state index in [-0.39, 0.29) is 10.6 Å². The lowest BCUT2D eigenvalue weighted by atomic mass is 10.0. The molecule has 0 bridgehead atoms. The number of hydrogen-bond acceptors (Lipinski definition) is 3. The number of nitrogen functional groups attached to an aromatic ring is 1. The maximum absolute atomic E-state index is 12.3. The van der Waals surface area contributed by atoms with Gasteiger partial charge in [-0.3, -0.25) is 0 Å². The van der Waals surface area contributed by atoms with Crippen LogP contribution in [0, 0.1) is 0 Å². The Kier molecular flexibility index (Phi) is 4.80. The minimum absolute atomic E-state index is 0.112. The van der Waals surface area contributed by atoms with Crippen LogP contribution in [0.4, 0.5) is 5.69 Å². The van der Waals surface area contributed by atoms with E-state index >= 15 is 0 Å². The van der Waals surface area contributed by atoms with Gasteiger partial charge in [-0.25, -0.2) is 13.1 Å². The molecule has 1 rings (SSSR count). The van der Waals surface area contributed by atoms with Gasteiger partial charge in [-0.15, -0.1) is 0 Å². The number of nitrogens with two attached hydrogens (primary N) is 1. The van der Waals surface area contributed by atoms with Crippen molar-refractivity contribution in [2.24, 2.45) is 0 Å². The summed E-state index contributed by atoms with van der Waals surface area (Å²) in [4.78, 5) is 0.112. The lowest BCUT2D eigenvalue weighted by Gasteiger charge is -2.25. The number of halogens is 1. The Morgan fingerprint density at radius 1 is 1.39 bits per heavy atom. The summed E-state index contributed by atoms with van der Waals surface area (Å²) in [5.41, 5.74) is 5.49. The van der Waals surface area contributed by atoms with Crippen LogP contribution in [0.25, 0.3) is 0 Å². The summed E-state index contributed by atoms with van der Waals surface area (Å²) < 4.78 is 27.9. The van der Waals surface area contributed by atoms with Crippen molar-refractivity contribution in [3.05, 3.63) is 22.7 Å². The molecule has 0 fully saturated rings. The average Bonchev–Trinajstić information content (AvgIpc) is 2.19. The average molecular weight is 335 g/mol. The van der Waals surface area contributed by atoms with Crippen LogP contribution in [0.3, 0.4) is 0 Å². The molecule has 102 valence electrons. The maximum atomic E-state index is 12.3. The highest BCUT2D eigenvalue weighted by atomic mass is 79.9. The van der Waals surface area contributed by atoms with Crippen LogP contribution in [0.5, 0.6) is 0 Å². The molecule has 0 aromatic heterocycles. The van der Waals surface area contributed by atoms with Crippen molar-refractivity contribution in [3.8, 4) is 0 Å². The molecule has 0 saturated carbocycles. The van der Waals surface area contributed by atoms with Crippen molar-refractivity contribution in [2.45, 2.75) is 44.0 Å². The summed E-state index contributed by atoms with van der Waals surface area (Å²) in [5.74, 6) is 0. The molecular formula is C12H19BrN2O2S. The molecule has 4 nitrogen and oxygen atoms in total. The van der Waals surface area contributed by atoms with Crippen LogP contribution in [0.2, 0.25) is 0 Å². The molecule has 0 aliphatic carbocycles. The van der Waals surface area contributed by atoms with Gasteiger partial charge in [0.05, 0.1) is 5.69 Å². The van der Waals surface area contributed by atoms with Gasteiger partial charge in [-0.1, -0.05) is 29.3 Å². The summed E-state index contributed by atoms with van der Waals surface area (Å²) in [6, 6.07) is 4.80. The molecule has 0 radical (unpaired) electrons. The number of nitrogens with one attached hydrogen (secondary N) is 1. The fraction of sp³-hybridized carbons (Fsp3) is 0.500. The summed E-state index contributed by atoms with van der Waals surface area (Å²) in [6.45, 7) is 5.74. The van der Waals surface area contributed by atoms with Gasteiger partial charge in [-0.2, -0.15) is 0 Å². The highest BCUT2D eigenvalue weighted by Gasteiger charge is 2.26. The summed E-state index contributed by atoms with van der Waals surface area (Å²) in [6.07, 6.45) is 1.67. The van der Waals surface area contributed by atoms with Gasteiger partial charge in [0.1, 0.15) is 4.90 Å². The lowest BCUT2D eigenvalue weighted by molar-refractivity contribution is 0.418. The first-order valence-corrected chi connectivity index (χ1v) is 8.04. The van der Waals surface area contributed by atoms with Crippen molar-refractivity contribution in [1.29, 1.82) is 0 Å². The van der Waals surface area contributed by atoms with Gasteiger partial charge in [0.15, 0.2) is 0 Å². The third kappa shape index (κ3) is 3.96. The van der Waals surface area contributed by atoms with Gasteiger partial charge in [0.25, 0.3) is 0 Å². The highest BCUT2D eigenvalue weighted by molar-refractivity contribution is 9.10. The van der Waals surface area contributed by atoms with E-state index in [1.165, 1.54) is 6.07 Å². The lowest BCUT2D eigenvalue weighted by Crippen LogP contribution is -2.43. The standard InChI is InChI=1S/C12H19BrN2O2S/c1-4-7-12(2,3)15-18(16,17)11-8-9(13)5-6-10(11)14/h5-6,8,15H,4,7,14H2,1-3H3. The molecule has 1 aromatic carbocycles. The Bertz CT molecular complexity index is 527. The van der Waals surface area contributed by atoms with E-state index in [1.54, 1.807) is 12.1 Å². The van der Waals surface area contributed by atoms with Crippen molar-refractivity contribution < 1.29 is 8.42 Å². The van der Waals surface area contributed by atoms with Crippen molar-refractivity contribution >= 4 is 31.6 Å². The minimum atomic E-state index is -3.60. The van der Waals surface area contributed by atoms with E-state index in [0.717, 1.165) is 12.8 Å². The zero-order valence-corrected chi connectivity index (χ0v) is 13.2. The first-order valence-electron chi connectivity index (χ1n) is 5.77. The molecule has 1 aromatic rings. The molecule has 0 aliphatic rings. The zero-order valence-electron chi connectivity index (χ0n) is 10.8. The second kappa shape index (κ2) is 5.59. The second-order valence-corrected chi connectivity index (χ2v) is 7.49. The highest BCUT2D eigenvalue weighted by Crippen LogP contribution is 2.25. The number of anilines is 1. The molecular weight excluding hydrogens is 316 g/mol. The summed E-state index contributed by atoms with van der Waals surface area (Å²) >= 11 is 3.25. The Labute approximate surface area is 117 Å². The molecule has 0 amide bonds. The first-order chi connectivity index (χ1) is 8.18. The van der Waals surface area contributed by atoms with E-state index in [1.807, 2.05) is 20.8 Å². The topological polar surface area (TPSA) is 72.2 Å². The molecule has 0 heterocycles. The van der Waals surface area contributed by atoms with Gasteiger partial charge in [-0.05, 0) is 38.5 Å². The molecule has 18 heavy (non-hydrogen) atoms. The SMILES string of the molecule is CCCC(C)(C)NS(=O)(=O)c1cc(Br)ccc1N. The minimum Gasteiger partial charge on any atom is -0.398 e. The molecule has 0 unspecified atom stereocenters. The van der Waals surface area contributed by atoms with Crippen LogP contribution >= 0.6 is 15.9 Å². The third-order valence-corrected chi connectivity index (χ3v) is 4.80. The summed E-state index contributed by atoms with van der Waals surface area (Å²) in [7, 11) is -3.60. The zero-order chi connectivity index (χ0) is 14.0. The molecule has 0 spiro atoms. The Balaban J connectivity index is 3.11. The third-order valence-electron chi connectivity index (χ3n) is 2.55. The monoisotopic (exact) mass is 334 g/mol. The Morgan fingerprint density at radius 2 is 2.00 bits per heavy atom. The predicted molar refractivity (Wildman–Crippen MR) is 77.9 cm³/mol. The van der Waals surface area contributed by atoms with E-state index in [0.29, 0.717) is 4.47 Å². The Hall–Kier alpha value is -0.590. The molecule has 0 saturated heterocycles. The molecule has 3 N–H and O–H groups in total. The van der Waals surface area contributed by atoms with E-state index in [2.05, 4.69) is 20.7 Å². The number of hydrogen-bond donors (Lipinski definition) is 2. The quantitative estimate of drug-likeness (QED) is 0.813. The van der Waals surface area contributed by atoms with Gasteiger partial charge in [0.2, 0.25) is 10.0 Å². The predicted octanol–water partition coefficient (Wildman–Crippen LogP) is 2.89. The number of benzene rings is 1. The van der Waals surface area contributed by atoms with Gasteiger partial charge >= 0.3 is 0 Å². The summed E-state index contributed by atoms with van der Waals surface area (Å²) in [5, 5.41) is 0. The maximum Gasteiger partial charge on any atom is 0.243 e. The van der Waals surface area contributed by atoms with Crippen LogP contribution in [0.1, 0.15) is 33.6 Å². The molecule has 0 aliphatic heterocycles. The van der Waals surface area contributed by atoms with E-state index in [4.69, 9.17) is 5.73 Å². The second-order valence-electron chi connectivity index (χ2n) is 4.92. The van der Waals surface area contributed by atoms with Crippen molar-refractivity contribution in [1.82, 2.24) is 4.72 Å². The smallest absolute Gasteiger partial charge is 0.243 e.